The van der Waals surface area contributed by atoms with Crippen LogP contribution in [0.25, 0.3) is 32.9 Å². The molecule has 230 valence electrons. The molecule has 2 aromatic carbocycles. The smallest absolute Gasteiger partial charge is 0.252 e. The lowest BCUT2D eigenvalue weighted by Crippen LogP contribution is -2.69. The minimum atomic E-state index is -0.664. The minimum absolute atomic E-state index is 0.0963. The molecule has 2 aromatic heterocycles. The number of hydrogen-bond acceptors (Lipinski definition) is 7. The van der Waals surface area contributed by atoms with Gasteiger partial charge in [0.1, 0.15) is 29.5 Å². The number of hydrogen-bond donors (Lipinski definition) is 0. The quantitative estimate of drug-likeness (QED) is 0.295. The zero-order valence-electron chi connectivity index (χ0n) is 25.0. The van der Waals surface area contributed by atoms with Crippen molar-refractivity contribution in [2.24, 2.45) is 0 Å². The third kappa shape index (κ3) is 4.08. The molecule has 0 unspecified atom stereocenters. The Balaban J connectivity index is 1.36. The van der Waals surface area contributed by atoms with Crippen LogP contribution in [0.2, 0.25) is 5.02 Å². The molecule has 0 spiro atoms. The molecule has 11 heteroatoms. The largest absolute Gasteiger partial charge is 0.474 e. The fourth-order valence-corrected chi connectivity index (χ4v) is 8.12. The molecule has 0 bridgehead atoms. The van der Waals surface area contributed by atoms with Gasteiger partial charge in [0.2, 0.25) is 11.8 Å². The lowest BCUT2D eigenvalue weighted by atomic mass is 9.93. The summed E-state index contributed by atoms with van der Waals surface area (Å²) in [7, 11) is 2.07. The minimum Gasteiger partial charge on any atom is -0.474 e. The summed E-state index contributed by atoms with van der Waals surface area (Å²) in [6.45, 7) is 7.35. The maximum absolute atomic E-state index is 16.8. The van der Waals surface area contributed by atoms with E-state index in [1.54, 1.807) is 23.2 Å². The van der Waals surface area contributed by atoms with E-state index >= 15 is 4.39 Å². The van der Waals surface area contributed by atoms with Gasteiger partial charge >= 0.3 is 0 Å². The molecule has 2 saturated heterocycles. The SMILES string of the molecule is C=CC(=O)N1C[C@@H]2C(=O)N3c4c(nc5c(F)c(-c6cccc7cccc(Cl)c67)ncc5c4N2C[C@H]1C)OC[C@H]3[C@@H]1CCCN1C. The van der Waals surface area contributed by atoms with Gasteiger partial charge in [-0.25, -0.2) is 9.37 Å². The Bertz CT molecular complexity index is 1930. The van der Waals surface area contributed by atoms with Gasteiger partial charge in [-0.05, 0) is 50.9 Å². The summed E-state index contributed by atoms with van der Waals surface area (Å²) in [6.07, 6.45) is 4.89. The van der Waals surface area contributed by atoms with Crippen molar-refractivity contribution in [1.82, 2.24) is 19.8 Å². The number of halogens is 2. The van der Waals surface area contributed by atoms with Crippen molar-refractivity contribution in [3.63, 3.8) is 0 Å². The number of carbonyl (C=O) groups excluding carboxylic acids is 2. The van der Waals surface area contributed by atoms with Crippen LogP contribution in [0.4, 0.5) is 15.8 Å². The van der Waals surface area contributed by atoms with Crippen molar-refractivity contribution < 1.29 is 18.7 Å². The normalized spacial score (nSPS) is 24.5. The number of ether oxygens (including phenoxy) is 1. The highest BCUT2D eigenvalue weighted by molar-refractivity contribution is 6.36. The number of pyridine rings is 2. The monoisotopic (exact) mass is 626 g/mol. The highest BCUT2D eigenvalue weighted by atomic mass is 35.5. The molecule has 8 rings (SSSR count). The van der Waals surface area contributed by atoms with E-state index in [4.69, 9.17) is 21.3 Å². The molecule has 0 saturated carbocycles. The molecule has 2 fully saturated rings. The Labute approximate surface area is 264 Å². The second kappa shape index (κ2) is 10.4. The predicted molar refractivity (Wildman–Crippen MR) is 172 cm³/mol. The summed E-state index contributed by atoms with van der Waals surface area (Å²) in [5.41, 5.74) is 2.03. The standard InChI is InChI=1S/C34H32ClFN6O3/c1-4-26(43)40-16-24-34(44)42-25(23-12-7-13-39(23)3)17-45-33-32(42)31(41(24)15-18(40)2)21-14-37-29(28(36)30(21)38-33)20-10-5-8-19-9-6-11-22(35)27(19)20/h4-6,8-11,14,18,23-25H,1,7,12-13,15-17H2,2-3H3/t18-,23+,24-,25+/m1/s1. The topological polar surface area (TPSA) is 82.1 Å². The number of anilines is 2. The van der Waals surface area contributed by atoms with Gasteiger partial charge in [0.15, 0.2) is 5.82 Å². The number of likely N-dealkylation sites (N-methyl/N-ethyl adjacent to an activating group) is 1. The van der Waals surface area contributed by atoms with Gasteiger partial charge in [-0.1, -0.05) is 48.5 Å². The maximum atomic E-state index is 16.8. The molecule has 6 heterocycles. The van der Waals surface area contributed by atoms with Gasteiger partial charge in [0.05, 0.1) is 18.3 Å². The van der Waals surface area contributed by atoms with Crippen LogP contribution >= 0.6 is 11.6 Å². The Morgan fingerprint density at radius 2 is 1.96 bits per heavy atom. The fraction of sp³-hybridized carbons (Fsp3) is 0.353. The number of carbonyl (C=O) groups is 2. The van der Waals surface area contributed by atoms with Gasteiger partial charge in [-0.3, -0.25) is 19.5 Å². The second-order valence-electron chi connectivity index (χ2n) is 12.4. The van der Waals surface area contributed by atoms with E-state index in [2.05, 4.69) is 23.5 Å². The summed E-state index contributed by atoms with van der Waals surface area (Å²) >= 11 is 6.61. The summed E-state index contributed by atoms with van der Waals surface area (Å²) in [5, 5.41) is 2.57. The first-order valence-corrected chi connectivity index (χ1v) is 15.7. The van der Waals surface area contributed by atoms with Crippen molar-refractivity contribution >= 4 is 56.5 Å². The van der Waals surface area contributed by atoms with E-state index in [0.717, 1.165) is 24.8 Å². The lowest BCUT2D eigenvalue weighted by Gasteiger charge is -2.53. The number of likely N-dealkylation sites (tertiary alicyclic amines) is 1. The van der Waals surface area contributed by atoms with Crippen LogP contribution in [0.15, 0.2) is 55.3 Å². The molecular weight excluding hydrogens is 595 g/mol. The van der Waals surface area contributed by atoms with Crippen LogP contribution < -0.4 is 14.5 Å². The third-order valence-corrected chi connectivity index (χ3v) is 10.3. The molecular formula is C34H32ClFN6O3. The molecule has 2 amide bonds. The Morgan fingerprint density at radius 3 is 2.71 bits per heavy atom. The number of piperazine rings is 1. The van der Waals surface area contributed by atoms with Gasteiger partial charge in [-0.15, -0.1) is 0 Å². The van der Waals surface area contributed by atoms with Gasteiger partial charge in [0.25, 0.3) is 5.91 Å². The molecule has 45 heavy (non-hydrogen) atoms. The third-order valence-electron chi connectivity index (χ3n) is 9.99. The lowest BCUT2D eigenvalue weighted by molar-refractivity contribution is -0.131. The predicted octanol–water partition coefficient (Wildman–Crippen LogP) is 5.04. The van der Waals surface area contributed by atoms with E-state index in [-0.39, 0.29) is 60.2 Å². The number of benzene rings is 2. The summed E-state index contributed by atoms with van der Waals surface area (Å²) in [6, 6.07) is 10.1. The second-order valence-corrected chi connectivity index (χ2v) is 12.8. The number of rotatable bonds is 3. The molecule has 4 aliphatic rings. The molecule has 0 radical (unpaired) electrons. The maximum Gasteiger partial charge on any atom is 0.252 e. The Hall–Kier alpha value is -4.28. The number of aromatic nitrogens is 2. The number of amides is 2. The fourth-order valence-electron chi connectivity index (χ4n) is 7.83. The van der Waals surface area contributed by atoms with Crippen LogP contribution in [0.3, 0.4) is 0 Å². The van der Waals surface area contributed by atoms with E-state index in [9.17, 15) is 9.59 Å². The van der Waals surface area contributed by atoms with Crippen LogP contribution in [0, 0.1) is 5.82 Å². The van der Waals surface area contributed by atoms with Crippen molar-refractivity contribution in [1.29, 1.82) is 0 Å². The molecule has 0 N–H and O–H groups in total. The highest BCUT2D eigenvalue weighted by Crippen LogP contribution is 2.51. The highest BCUT2D eigenvalue weighted by Gasteiger charge is 2.52. The summed E-state index contributed by atoms with van der Waals surface area (Å²) < 4.78 is 23.1. The molecule has 4 aliphatic heterocycles. The molecule has 4 aromatic rings. The van der Waals surface area contributed by atoms with Crippen LogP contribution in [0.5, 0.6) is 5.88 Å². The van der Waals surface area contributed by atoms with Crippen molar-refractivity contribution in [2.75, 3.05) is 43.1 Å². The zero-order chi connectivity index (χ0) is 31.1. The van der Waals surface area contributed by atoms with Crippen LogP contribution in [-0.2, 0) is 9.59 Å². The van der Waals surface area contributed by atoms with Crippen molar-refractivity contribution in [2.45, 2.75) is 43.9 Å². The summed E-state index contributed by atoms with van der Waals surface area (Å²) in [5.74, 6) is -0.692. The van der Waals surface area contributed by atoms with Gasteiger partial charge in [-0.2, -0.15) is 0 Å². The first kappa shape index (κ1) is 28.2. The van der Waals surface area contributed by atoms with Crippen molar-refractivity contribution in [3.05, 3.63) is 66.1 Å². The zero-order valence-corrected chi connectivity index (χ0v) is 25.8. The average Bonchev–Trinajstić information content (AvgIpc) is 3.47. The molecule has 9 nitrogen and oxygen atoms in total. The van der Waals surface area contributed by atoms with Crippen LogP contribution in [0.1, 0.15) is 19.8 Å². The van der Waals surface area contributed by atoms with E-state index in [1.165, 1.54) is 6.08 Å². The summed E-state index contributed by atoms with van der Waals surface area (Å²) in [4.78, 5) is 44.6. The number of fused-ring (bicyclic) bond motifs is 5. The average molecular weight is 627 g/mol. The van der Waals surface area contributed by atoms with E-state index in [0.29, 0.717) is 39.3 Å². The molecule has 4 atom stereocenters. The Kier molecular flexibility index (Phi) is 6.51. The van der Waals surface area contributed by atoms with Crippen molar-refractivity contribution in [3.8, 4) is 17.1 Å². The Morgan fingerprint density at radius 1 is 1.16 bits per heavy atom. The van der Waals surface area contributed by atoms with E-state index < -0.39 is 11.9 Å². The molecule has 0 aliphatic carbocycles. The van der Waals surface area contributed by atoms with Gasteiger partial charge < -0.3 is 19.4 Å². The first-order chi connectivity index (χ1) is 21.8. The van der Waals surface area contributed by atoms with E-state index in [1.807, 2.05) is 41.0 Å². The van der Waals surface area contributed by atoms with Crippen LogP contribution in [-0.4, -0.2) is 89.0 Å². The van der Waals surface area contributed by atoms with Gasteiger partial charge in [0, 0.05) is 46.2 Å². The number of nitrogens with zero attached hydrogens (tertiary/aromatic N) is 6. The first-order valence-electron chi connectivity index (χ1n) is 15.3.